The van der Waals surface area contributed by atoms with E-state index in [9.17, 15) is 30.3 Å². The Kier molecular flexibility index (Phi) is 40.7. The molecule has 1 heterocycles. The van der Waals surface area contributed by atoms with E-state index in [1.54, 1.807) is 0 Å². The first-order valence-electron chi connectivity index (χ1n) is 26.4. The molecule has 0 aromatic rings. The summed E-state index contributed by atoms with van der Waals surface area (Å²) < 4.78 is 11.3. The van der Waals surface area contributed by atoms with Crippen molar-refractivity contribution in [2.45, 2.75) is 301 Å². The quantitative estimate of drug-likeness (QED) is 0.0262. The standard InChI is InChI=1S/C52H101NO8/c1-3-5-7-9-11-13-15-16-17-18-19-20-21-22-23-24-25-26-27-28-29-30-32-34-36-38-40-42-48(56)53-45(44-60-52-51(59)50(58)49(57)47(43-54)61-52)46(55)41-39-37-35-33-31-14-12-10-8-6-4-2/h22-23,45-47,49-52,54-55,57-59H,3-21,24-44H2,1-2H3,(H,53,56)/b23-22-. The average Bonchev–Trinajstić information content (AvgIpc) is 3.26. The SMILES string of the molecule is CCCCCCCCCCCCCC/C=C\CCCCCCCCCCCCCC(=O)NC(COC1OC(CO)C(O)C(O)C1O)C(O)CCCCCCCCCCCCC. The Bertz CT molecular complexity index is 966. The van der Waals surface area contributed by atoms with Gasteiger partial charge >= 0.3 is 0 Å². The van der Waals surface area contributed by atoms with Gasteiger partial charge in [-0.25, -0.2) is 0 Å². The number of carbonyl (C=O) groups excluding carboxylic acids is 1. The fourth-order valence-electron chi connectivity index (χ4n) is 8.63. The predicted octanol–water partition coefficient (Wildman–Crippen LogP) is 12.1. The number of aliphatic hydroxyl groups is 5. The van der Waals surface area contributed by atoms with Crippen molar-refractivity contribution >= 4 is 5.91 Å². The molecule has 9 nitrogen and oxygen atoms in total. The van der Waals surface area contributed by atoms with Gasteiger partial charge in [0.25, 0.3) is 0 Å². The van der Waals surface area contributed by atoms with Gasteiger partial charge in [0.05, 0.1) is 25.4 Å². The van der Waals surface area contributed by atoms with Crippen LogP contribution in [0.25, 0.3) is 0 Å². The van der Waals surface area contributed by atoms with Crippen molar-refractivity contribution in [2.75, 3.05) is 13.2 Å². The van der Waals surface area contributed by atoms with Crippen molar-refractivity contribution < 1.29 is 39.8 Å². The van der Waals surface area contributed by atoms with Crippen molar-refractivity contribution in [3.8, 4) is 0 Å². The summed E-state index contributed by atoms with van der Waals surface area (Å²) in [5.74, 6) is -0.143. The highest BCUT2D eigenvalue weighted by Gasteiger charge is 2.44. The molecule has 1 fully saturated rings. The fraction of sp³-hybridized carbons (Fsp3) is 0.942. The lowest BCUT2D eigenvalue weighted by Crippen LogP contribution is -2.60. The summed E-state index contributed by atoms with van der Waals surface area (Å²) in [6.45, 7) is 3.84. The van der Waals surface area contributed by atoms with E-state index >= 15 is 0 Å². The summed E-state index contributed by atoms with van der Waals surface area (Å²) in [7, 11) is 0. The lowest BCUT2D eigenvalue weighted by atomic mass is 9.99. The number of nitrogens with one attached hydrogen (secondary N) is 1. The van der Waals surface area contributed by atoms with Crippen LogP contribution in [0.2, 0.25) is 0 Å². The first-order chi connectivity index (χ1) is 29.8. The van der Waals surface area contributed by atoms with Crippen LogP contribution < -0.4 is 5.32 Å². The van der Waals surface area contributed by atoms with Gasteiger partial charge in [0.2, 0.25) is 5.91 Å². The average molecular weight is 868 g/mol. The first kappa shape index (κ1) is 57.9. The van der Waals surface area contributed by atoms with Gasteiger partial charge < -0.3 is 40.3 Å². The van der Waals surface area contributed by atoms with Crippen LogP contribution in [-0.2, 0) is 14.3 Å². The lowest BCUT2D eigenvalue weighted by molar-refractivity contribution is -0.302. The van der Waals surface area contributed by atoms with E-state index in [0.29, 0.717) is 12.8 Å². The van der Waals surface area contributed by atoms with Gasteiger partial charge in [0.1, 0.15) is 24.4 Å². The van der Waals surface area contributed by atoms with Crippen LogP contribution in [0.15, 0.2) is 12.2 Å². The monoisotopic (exact) mass is 868 g/mol. The third kappa shape index (κ3) is 33.1. The van der Waals surface area contributed by atoms with Crippen LogP contribution in [-0.4, -0.2) is 87.5 Å². The molecule has 7 atom stereocenters. The predicted molar refractivity (Wildman–Crippen MR) is 254 cm³/mol. The number of hydrogen-bond acceptors (Lipinski definition) is 8. The molecule has 0 aromatic carbocycles. The molecule has 0 spiro atoms. The Morgan fingerprint density at radius 3 is 1.33 bits per heavy atom. The highest BCUT2D eigenvalue weighted by molar-refractivity contribution is 5.76. The van der Waals surface area contributed by atoms with Gasteiger partial charge in [-0.1, -0.05) is 225 Å². The third-order valence-electron chi connectivity index (χ3n) is 12.9. The molecule has 1 rings (SSSR count). The van der Waals surface area contributed by atoms with E-state index < -0.39 is 49.5 Å². The summed E-state index contributed by atoms with van der Waals surface area (Å²) >= 11 is 0. The number of aliphatic hydroxyl groups excluding tert-OH is 5. The molecule has 1 aliphatic rings. The van der Waals surface area contributed by atoms with Crippen molar-refractivity contribution in [1.29, 1.82) is 0 Å². The zero-order valence-corrected chi connectivity index (χ0v) is 39.9. The second kappa shape index (κ2) is 42.9. The van der Waals surface area contributed by atoms with Crippen LogP contribution in [0.1, 0.15) is 258 Å². The van der Waals surface area contributed by atoms with Gasteiger partial charge in [0, 0.05) is 6.42 Å². The summed E-state index contributed by atoms with van der Waals surface area (Å²) in [6.07, 6.45) is 43.9. The van der Waals surface area contributed by atoms with Crippen LogP contribution in [0.3, 0.4) is 0 Å². The van der Waals surface area contributed by atoms with Gasteiger partial charge in [-0.3, -0.25) is 4.79 Å². The van der Waals surface area contributed by atoms with E-state index in [-0.39, 0.29) is 12.5 Å². The van der Waals surface area contributed by atoms with E-state index in [0.717, 1.165) is 38.5 Å². The maximum atomic E-state index is 13.0. The molecule has 1 aliphatic heterocycles. The number of hydrogen-bond donors (Lipinski definition) is 6. The number of unbranched alkanes of at least 4 members (excludes halogenated alkanes) is 33. The summed E-state index contributed by atoms with van der Waals surface area (Å²) in [5.41, 5.74) is 0. The smallest absolute Gasteiger partial charge is 0.220 e. The number of allylic oxidation sites excluding steroid dienone is 2. The Balaban J connectivity index is 2.15. The molecule has 0 aliphatic carbocycles. The molecule has 0 aromatic heterocycles. The van der Waals surface area contributed by atoms with E-state index in [2.05, 4.69) is 31.3 Å². The number of amides is 1. The molecule has 61 heavy (non-hydrogen) atoms. The molecular formula is C52H101NO8. The van der Waals surface area contributed by atoms with Crippen molar-refractivity contribution in [3.05, 3.63) is 12.2 Å². The molecular weight excluding hydrogens is 767 g/mol. The minimum atomic E-state index is -1.55. The molecule has 7 unspecified atom stereocenters. The van der Waals surface area contributed by atoms with E-state index in [1.165, 1.54) is 193 Å². The Morgan fingerprint density at radius 1 is 0.541 bits per heavy atom. The fourth-order valence-corrected chi connectivity index (χ4v) is 8.63. The summed E-state index contributed by atoms with van der Waals surface area (Å²) in [4.78, 5) is 13.0. The Hall–Kier alpha value is -1.07. The molecule has 0 saturated carbocycles. The second-order valence-corrected chi connectivity index (χ2v) is 18.7. The Morgan fingerprint density at radius 2 is 0.918 bits per heavy atom. The Labute approximate surface area is 376 Å². The summed E-state index contributed by atoms with van der Waals surface area (Å²) in [5, 5.41) is 54.4. The number of carbonyl (C=O) groups is 1. The van der Waals surface area contributed by atoms with E-state index in [1.807, 2.05) is 0 Å². The molecule has 0 radical (unpaired) electrons. The van der Waals surface area contributed by atoms with E-state index in [4.69, 9.17) is 9.47 Å². The molecule has 0 bridgehead atoms. The van der Waals surface area contributed by atoms with Crippen molar-refractivity contribution in [2.24, 2.45) is 0 Å². The maximum Gasteiger partial charge on any atom is 0.220 e. The van der Waals surface area contributed by atoms with Gasteiger partial charge in [-0.2, -0.15) is 0 Å². The zero-order chi connectivity index (χ0) is 44.4. The highest BCUT2D eigenvalue weighted by atomic mass is 16.7. The normalized spacial score (nSPS) is 20.4. The van der Waals surface area contributed by atoms with Crippen LogP contribution in [0.5, 0.6) is 0 Å². The highest BCUT2D eigenvalue weighted by Crippen LogP contribution is 2.23. The number of rotatable bonds is 45. The van der Waals surface area contributed by atoms with Crippen molar-refractivity contribution in [1.82, 2.24) is 5.32 Å². The van der Waals surface area contributed by atoms with Crippen molar-refractivity contribution in [3.63, 3.8) is 0 Å². The van der Waals surface area contributed by atoms with Crippen LogP contribution in [0, 0.1) is 0 Å². The zero-order valence-electron chi connectivity index (χ0n) is 39.9. The molecule has 1 saturated heterocycles. The van der Waals surface area contributed by atoms with Gasteiger partial charge in [0.15, 0.2) is 6.29 Å². The topological polar surface area (TPSA) is 149 Å². The largest absolute Gasteiger partial charge is 0.394 e. The van der Waals surface area contributed by atoms with Gasteiger partial charge in [-0.15, -0.1) is 0 Å². The molecule has 362 valence electrons. The molecule has 6 N–H and O–H groups in total. The van der Waals surface area contributed by atoms with Crippen LogP contribution in [0.4, 0.5) is 0 Å². The van der Waals surface area contributed by atoms with Gasteiger partial charge in [-0.05, 0) is 38.5 Å². The summed E-state index contributed by atoms with van der Waals surface area (Å²) in [6, 6.07) is -0.714. The molecule has 9 heteroatoms. The number of ether oxygens (including phenoxy) is 2. The minimum Gasteiger partial charge on any atom is -0.394 e. The van der Waals surface area contributed by atoms with Crippen LogP contribution >= 0.6 is 0 Å². The maximum absolute atomic E-state index is 13.0. The third-order valence-corrected chi connectivity index (χ3v) is 12.9. The second-order valence-electron chi connectivity index (χ2n) is 18.7. The first-order valence-corrected chi connectivity index (χ1v) is 26.4. The minimum absolute atomic E-state index is 0.135. The molecule has 1 amide bonds. The lowest BCUT2D eigenvalue weighted by Gasteiger charge is -2.40.